The van der Waals surface area contributed by atoms with E-state index in [2.05, 4.69) is 22.9 Å². The number of carbonyl (C=O) groups excluding carboxylic acids is 1. The number of alkyl halides is 1. The van der Waals surface area contributed by atoms with Crippen molar-refractivity contribution >= 4 is 21.8 Å². The number of hydrogen-bond donors (Lipinski definition) is 1. The Morgan fingerprint density at radius 3 is 2.55 bits per heavy atom. The summed E-state index contributed by atoms with van der Waals surface area (Å²) in [5.41, 5.74) is 5.06. The van der Waals surface area contributed by atoms with E-state index in [1.54, 1.807) is 0 Å². The highest BCUT2D eigenvalue weighted by atomic mass is 79.9. The third-order valence-electron chi connectivity index (χ3n) is 1.62. The highest BCUT2D eigenvalue weighted by Gasteiger charge is 2.08. The Balaban J connectivity index is 3.17. The maximum absolute atomic E-state index is 10.5. The van der Waals surface area contributed by atoms with E-state index < -0.39 is 0 Å². The third-order valence-corrected chi connectivity index (χ3v) is 2.53. The molecule has 1 atom stereocenters. The fraction of sp³-hybridized carbons (Fsp3) is 0.875. The summed E-state index contributed by atoms with van der Waals surface area (Å²) in [6.07, 6.45) is 5.63. The lowest BCUT2D eigenvalue weighted by molar-refractivity contribution is -0.117. The minimum absolute atomic E-state index is 0.126. The molecule has 0 aromatic rings. The van der Waals surface area contributed by atoms with E-state index in [4.69, 9.17) is 5.73 Å². The number of hydrogen-bond acceptors (Lipinski definition) is 1. The first-order valence-electron chi connectivity index (χ1n) is 4.12. The van der Waals surface area contributed by atoms with Gasteiger partial charge in [0.2, 0.25) is 5.91 Å². The van der Waals surface area contributed by atoms with Crippen molar-refractivity contribution in [1.82, 2.24) is 0 Å². The maximum Gasteiger partial charge on any atom is 0.231 e. The normalized spacial score (nSPS) is 12.9. The minimum Gasteiger partial charge on any atom is -0.369 e. The van der Waals surface area contributed by atoms with Gasteiger partial charge < -0.3 is 5.73 Å². The van der Waals surface area contributed by atoms with Crippen LogP contribution in [0.3, 0.4) is 0 Å². The number of rotatable bonds is 6. The van der Waals surface area contributed by atoms with Gasteiger partial charge in [-0.3, -0.25) is 4.79 Å². The molecule has 1 amide bonds. The molecule has 11 heavy (non-hydrogen) atoms. The van der Waals surface area contributed by atoms with Crippen molar-refractivity contribution in [3.05, 3.63) is 0 Å². The van der Waals surface area contributed by atoms with E-state index in [1.807, 2.05) is 0 Å². The van der Waals surface area contributed by atoms with Gasteiger partial charge >= 0.3 is 0 Å². The Kier molecular flexibility index (Phi) is 6.62. The Morgan fingerprint density at radius 1 is 1.45 bits per heavy atom. The van der Waals surface area contributed by atoms with Crippen molar-refractivity contribution in [3.63, 3.8) is 0 Å². The van der Waals surface area contributed by atoms with E-state index >= 15 is 0 Å². The van der Waals surface area contributed by atoms with Gasteiger partial charge in [-0.05, 0) is 6.42 Å². The van der Waals surface area contributed by atoms with Crippen LogP contribution in [-0.2, 0) is 4.79 Å². The fourth-order valence-corrected chi connectivity index (χ4v) is 1.22. The molecule has 2 N–H and O–H groups in total. The minimum atomic E-state index is -0.249. The molecular formula is C8H16BrNO. The molecule has 0 spiro atoms. The van der Waals surface area contributed by atoms with Crippen molar-refractivity contribution in [2.75, 3.05) is 0 Å². The second-order valence-corrected chi connectivity index (χ2v) is 3.82. The topological polar surface area (TPSA) is 43.1 Å². The Bertz CT molecular complexity index is 117. The number of primary amides is 1. The molecule has 0 saturated heterocycles. The van der Waals surface area contributed by atoms with Crippen LogP contribution in [0.4, 0.5) is 0 Å². The lowest BCUT2D eigenvalue weighted by Crippen LogP contribution is -2.22. The van der Waals surface area contributed by atoms with Crippen LogP contribution >= 0.6 is 15.9 Å². The maximum atomic E-state index is 10.5. The van der Waals surface area contributed by atoms with E-state index in [-0.39, 0.29) is 10.7 Å². The first kappa shape index (κ1) is 11.0. The zero-order chi connectivity index (χ0) is 8.69. The summed E-state index contributed by atoms with van der Waals surface area (Å²) in [4.78, 5) is 10.4. The van der Waals surface area contributed by atoms with Crippen LogP contribution in [-0.4, -0.2) is 10.7 Å². The molecule has 0 saturated carbocycles. The molecular weight excluding hydrogens is 206 g/mol. The standard InChI is InChI=1S/C8H16BrNO/c1-2-3-4-5-6-7(9)8(10)11/h7H,2-6H2,1H3,(H2,10,11). The smallest absolute Gasteiger partial charge is 0.231 e. The zero-order valence-corrected chi connectivity index (χ0v) is 8.56. The van der Waals surface area contributed by atoms with Crippen LogP contribution in [0.2, 0.25) is 0 Å². The molecule has 0 heterocycles. The molecule has 0 aliphatic rings. The summed E-state index contributed by atoms with van der Waals surface area (Å²) in [6.45, 7) is 2.17. The van der Waals surface area contributed by atoms with Gasteiger partial charge in [0, 0.05) is 0 Å². The van der Waals surface area contributed by atoms with Crippen LogP contribution in [0.15, 0.2) is 0 Å². The predicted molar refractivity (Wildman–Crippen MR) is 50.7 cm³/mol. The molecule has 2 nitrogen and oxygen atoms in total. The molecule has 0 aromatic heterocycles. The molecule has 0 aliphatic heterocycles. The third kappa shape index (κ3) is 6.35. The van der Waals surface area contributed by atoms with Crippen LogP contribution in [0.1, 0.15) is 39.0 Å². The van der Waals surface area contributed by atoms with Crippen LogP contribution in [0.5, 0.6) is 0 Å². The van der Waals surface area contributed by atoms with E-state index in [9.17, 15) is 4.79 Å². The molecule has 0 bridgehead atoms. The van der Waals surface area contributed by atoms with Gasteiger partial charge in [0.1, 0.15) is 0 Å². The monoisotopic (exact) mass is 221 g/mol. The number of nitrogens with two attached hydrogens (primary N) is 1. The van der Waals surface area contributed by atoms with E-state index in [1.165, 1.54) is 19.3 Å². The Labute approximate surface area is 76.7 Å². The number of amides is 1. The van der Waals surface area contributed by atoms with Crippen molar-refractivity contribution < 1.29 is 4.79 Å². The second kappa shape index (κ2) is 6.65. The quantitative estimate of drug-likeness (QED) is 0.543. The molecule has 0 rings (SSSR count). The van der Waals surface area contributed by atoms with Crippen molar-refractivity contribution in [2.45, 2.75) is 43.9 Å². The Morgan fingerprint density at radius 2 is 2.09 bits per heavy atom. The summed E-state index contributed by atoms with van der Waals surface area (Å²) in [6, 6.07) is 0. The number of halogens is 1. The molecule has 0 aromatic carbocycles. The molecule has 0 fully saturated rings. The molecule has 3 heteroatoms. The van der Waals surface area contributed by atoms with Crippen molar-refractivity contribution in [1.29, 1.82) is 0 Å². The molecule has 1 unspecified atom stereocenters. The van der Waals surface area contributed by atoms with Gasteiger partial charge in [-0.25, -0.2) is 0 Å². The zero-order valence-electron chi connectivity index (χ0n) is 6.98. The van der Waals surface area contributed by atoms with Crippen LogP contribution in [0.25, 0.3) is 0 Å². The van der Waals surface area contributed by atoms with Gasteiger partial charge in [-0.15, -0.1) is 0 Å². The van der Waals surface area contributed by atoms with Gasteiger partial charge in [-0.1, -0.05) is 48.5 Å². The molecule has 0 radical (unpaired) electrons. The summed E-state index contributed by atoms with van der Waals surface area (Å²) < 4.78 is 0. The Hall–Kier alpha value is -0.0500. The van der Waals surface area contributed by atoms with Crippen molar-refractivity contribution in [3.8, 4) is 0 Å². The SMILES string of the molecule is CCCCCCC(Br)C(N)=O. The highest BCUT2D eigenvalue weighted by molar-refractivity contribution is 9.10. The number of unbranched alkanes of at least 4 members (excludes halogenated alkanes) is 3. The summed E-state index contributed by atoms with van der Waals surface area (Å²) in [5, 5.41) is 0. The average molecular weight is 222 g/mol. The molecule has 66 valence electrons. The largest absolute Gasteiger partial charge is 0.369 e. The van der Waals surface area contributed by atoms with Gasteiger partial charge in [0.05, 0.1) is 4.83 Å². The lowest BCUT2D eigenvalue weighted by atomic mass is 10.1. The first-order chi connectivity index (χ1) is 5.18. The average Bonchev–Trinajstić information content (AvgIpc) is 1.97. The summed E-state index contributed by atoms with van der Waals surface area (Å²) in [7, 11) is 0. The molecule has 0 aliphatic carbocycles. The van der Waals surface area contributed by atoms with E-state index in [0.29, 0.717) is 0 Å². The van der Waals surface area contributed by atoms with Crippen molar-refractivity contribution in [2.24, 2.45) is 5.73 Å². The summed E-state index contributed by atoms with van der Waals surface area (Å²) in [5.74, 6) is -0.249. The lowest BCUT2D eigenvalue weighted by Gasteiger charge is -2.03. The van der Waals surface area contributed by atoms with Gasteiger partial charge in [-0.2, -0.15) is 0 Å². The second-order valence-electron chi connectivity index (χ2n) is 2.72. The van der Waals surface area contributed by atoms with Crippen LogP contribution in [0, 0.1) is 0 Å². The number of carbonyl (C=O) groups is 1. The predicted octanol–water partition coefficient (Wildman–Crippen LogP) is 2.21. The van der Waals surface area contributed by atoms with Gasteiger partial charge in [0.15, 0.2) is 0 Å². The fourth-order valence-electron chi connectivity index (χ4n) is 0.893. The van der Waals surface area contributed by atoms with Crippen LogP contribution < -0.4 is 5.73 Å². The van der Waals surface area contributed by atoms with Gasteiger partial charge in [0.25, 0.3) is 0 Å². The first-order valence-corrected chi connectivity index (χ1v) is 5.03. The summed E-state index contributed by atoms with van der Waals surface area (Å²) >= 11 is 3.22. The highest BCUT2D eigenvalue weighted by Crippen LogP contribution is 2.10. The van der Waals surface area contributed by atoms with E-state index in [0.717, 1.165) is 12.8 Å².